The number of aromatic nitrogens is 4. The molecular weight excluding hydrogens is 294 g/mol. The van der Waals surface area contributed by atoms with Gasteiger partial charge in [0.2, 0.25) is 11.0 Å². The van der Waals surface area contributed by atoms with E-state index in [9.17, 15) is 14.4 Å². The highest BCUT2D eigenvalue weighted by atomic mass is 32.1. The summed E-state index contributed by atoms with van der Waals surface area (Å²) in [5.74, 6) is -0.394. The van der Waals surface area contributed by atoms with Gasteiger partial charge >= 0.3 is 5.69 Å². The quantitative estimate of drug-likeness (QED) is 0.837. The van der Waals surface area contributed by atoms with E-state index in [4.69, 9.17) is 0 Å². The monoisotopic (exact) mass is 309 g/mol. The van der Waals surface area contributed by atoms with Gasteiger partial charge in [0.05, 0.1) is 0 Å². The number of carbonyl (C=O) groups is 1. The standard InChI is InChI=1S/C12H15N5O3S/c1-3-4-9-14-15-11(21-9)13-8(18)7-17-6-5-10(19)16(2)12(17)20/h5-6H,3-4,7H2,1-2H3,(H,13,15,18). The highest BCUT2D eigenvalue weighted by Crippen LogP contribution is 2.16. The fourth-order valence-electron chi connectivity index (χ4n) is 1.67. The second kappa shape index (κ2) is 6.44. The lowest BCUT2D eigenvalue weighted by molar-refractivity contribution is -0.116. The molecule has 0 aromatic carbocycles. The number of anilines is 1. The third-order valence-electron chi connectivity index (χ3n) is 2.75. The van der Waals surface area contributed by atoms with Crippen LogP contribution in [0.25, 0.3) is 0 Å². The molecule has 1 amide bonds. The molecule has 2 heterocycles. The zero-order valence-electron chi connectivity index (χ0n) is 11.7. The van der Waals surface area contributed by atoms with Crippen LogP contribution < -0.4 is 16.6 Å². The van der Waals surface area contributed by atoms with E-state index >= 15 is 0 Å². The van der Waals surface area contributed by atoms with Crippen molar-refractivity contribution in [1.29, 1.82) is 0 Å². The molecule has 0 aliphatic heterocycles. The van der Waals surface area contributed by atoms with Crippen LogP contribution in [0.3, 0.4) is 0 Å². The van der Waals surface area contributed by atoms with E-state index < -0.39 is 17.2 Å². The Morgan fingerprint density at radius 2 is 2.14 bits per heavy atom. The van der Waals surface area contributed by atoms with Crippen molar-refractivity contribution in [2.24, 2.45) is 7.05 Å². The lowest BCUT2D eigenvalue weighted by atomic mass is 10.4. The first-order chi connectivity index (χ1) is 10.0. The van der Waals surface area contributed by atoms with Gasteiger partial charge in [-0.1, -0.05) is 18.3 Å². The zero-order valence-corrected chi connectivity index (χ0v) is 12.5. The number of rotatable bonds is 5. The molecule has 8 nitrogen and oxygen atoms in total. The Morgan fingerprint density at radius 1 is 1.38 bits per heavy atom. The van der Waals surface area contributed by atoms with Crippen molar-refractivity contribution >= 4 is 22.4 Å². The predicted octanol–water partition coefficient (Wildman–Crippen LogP) is -0.0103. The van der Waals surface area contributed by atoms with Gasteiger partial charge in [0, 0.05) is 25.7 Å². The maximum absolute atomic E-state index is 11.9. The molecule has 0 unspecified atom stereocenters. The molecule has 0 bridgehead atoms. The second-order valence-corrected chi connectivity index (χ2v) is 5.48. The van der Waals surface area contributed by atoms with Crippen molar-refractivity contribution in [2.45, 2.75) is 26.3 Å². The SMILES string of the molecule is CCCc1nnc(NC(=O)Cn2ccc(=O)n(C)c2=O)s1. The van der Waals surface area contributed by atoms with E-state index in [1.165, 1.54) is 30.6 Å². The molecular formula is C12H15N5O3S. The van der Waals surface area contributed by atoms with Gasteiger partial charge in [-0.05, 0) is 6.42 Å². The van der Waals surface area contributed by atoms with Crippen molar-refractivity contribution < 1.29 is 4.79 Å². The van der Waals surface area contributed by atoms with E-state index in [0.717, 1.165) is 27.0 Å². The van der Waals surface area contributed by atoms with E-state index in [1.54, 1.807) is 0 Å². The maximum Gasteiger partial charge on any atom is 0.331 e. The smallest absolute Gasteiger partial charge is 0.299 e. The average Bonchev–Trinajstić information content (AvgIpc) is 2.87. The highest BCUT2D eigenvalue weighted by molar-refractivity contribution is 7.15. The summed E-state index contributed by atoms with van der Waals surface area (Å²) < 4.78 is 2.10. The van der Waals surface area contributed by atoms with E-state index in [1.807, 2.05) is 6.92 Å². The van der Waals surface area contributed by atoms with Crippen molar-refractivity contribution in [3.8, 4) is 0 Å². The number of amides is 1. The lowest BCUT2D eigenvalue weighted by Crippen LogP contribution is -2.38. The number of nitrogens with one attached hydrogen (secondary N) is 1. The molecule has 0 saturated heterocycles. The zero-order chi connectivity index (χ0) is 15.4. The summed E-state index contributed by atoms with van der Waals surface area (Å²) in [6.45, 7) is 1.85. The van der Waals surface area contributed by atoms with Gasteiger partial charge in [-0.3, -0.25) is 24.0 Å². The second-order valence-electron chi connectivity index (χ2n) is 4.42. The van der Waals surface area contributed by atoms with Gasteiger partial charge in [-0.2, -0.15) is 0 Å². The summed E-state index contributed by atoms with van der Waals surface area (Å²) in [5.41, 5.74) is -0.952. The molecule has 0 atom stereocenters. The molecule has 0 spiro atoms. The van der Waals surface area contributed by atoms with Crippen LogP contribution in [-0.4, -0.2) is 25.2 Å². The van der Waals surface area contributed by atoms with Crippen LogP contribution in [0.5, 0.6) is 0 Å². The van der Waals surface area contributed by atoms with Gasteiger partial charge in [0.1, 0.15) is 11.6 Å². The molecule has 21 heavy (non-hydrogen) atoms. The van der Waals surface area contributed by atoms with E-state index in [0.29, 0.717) is 5.13 Å². The molecule has 0 aliphatic rings. The third-order valence-corrected chi connectivity index (χ3v) is 3.65. The molecule has 0 aliphatic carbocycles. The summed E-state index contributed by atoms with van der Waals surface area (Å²) >= 11 is 1.31. The topological polar surface area (TPSA) is 98.9 Å². The normalized spacial score (nSPS) is 10.6. The van der Waals surface area contributed by atoms with Crippen molar-refractivity contribution in [3.63, 3.8) is 0 Å². The summed E-state index contributed by atoms with van der Waals surface area (Å²) in [6.07, 6.45) is 3.07. The summed E-state index contributed by atoms with van der Waals surface area (Å²) in [7, 11) is 1.36. The highest BCUT2D eigenvalue weighted by Gasteiger charge is 2.10. The van der Waals surface area contributed by atoms with E-state index in [-0.39, 0.29) is 6.54 Å². The first kappa shape index (κ1) is 15.1. The fraction of sp³-hybridized carbons (Fsp3) is 0.417. The molecule has 0 radical (unpaired) electrons. The summed E-state index contributed by atoms with van der Waals surface area (Å²) in [6, 6.07) is 1.24. The fourth-order valence-corrected chi connectivity index (χ4v) is 2.53. The molecule has 1 N–H and O–H groups in total. The van der Waals surface area contributed by atoms with Crippen molar-refractivity contribution in [3.05, 3.63) is 38.1 Å². The first-order valence-corrected chi connectivity index (χ1v) is 7.21. The Labute approximate surface area is 124 Å². The average molecular weight is 309 g/mol. The van der Waals surface area contributed by atoms with Crippen LogP contribution in [0.15, 0.2) is 21.9 Å². The Morgan fingerprint density at radius 3 is 2.86 bits per heavy atom. The van der Waals surface area contributed by atoms with Gasteiger partial charge < -0.3 is 0 Å². The summed E-state index contributed by atoms with van der Waals surface area (Å²) in [5, 5.41) is 11.7. The Balaban J connectivity index is 2.06. The summed E-state index contributed by atoms with van der Waals surface area (Å²) in [4.78, 5) is 34.9. The van der Waals surface area contributed by atoms with Gasteiger partial charge in [0.25, 0.3) is 5.56 Å². The van der Waals surface area contributed by atoms with Crippen molar-refractivity contribution in [1.82, 2.24) is 19.3 Å². The van der Waals surface area contributed by atoms with Crippen LogP contribution in [0.4, 0.5) is 5.13 Å². The number of aryl methyl sites for hydroxylation is 1. The van der Waals surface area contributed by atoms with Crippen LogP contribution >= 0.6 is 11.3 Å². The van der Waals surface area contributed by atoms with Gasteiger partial charge in [-0.25, -0.2) is 4.79 Å². The largest absolute Gasteiger partial charge is 0.331 e. The lowest BCUT2D eigenvalue weighted by Gasteiger charge is -2.06. The number of hydrogen-bond acceptors (Lipinski definition) is 6. The number of nitrogens with zero attached hydrogens (tertiary/aromatic N) is 4. The third kappa shape index (κ3) is 3.63. The minimum absolute atomic E-state index is 0.185. The number of carbonyl (C=O) groups excluding carboxylic acids is 1. The van der Waals surface area contributed by atoms with Crippen LogP contribution in [0, 0.1) is 0 Å². The Hall–Kier alpha value is -2.29. The predicted molar refractivity (Wildman–Crippen MR) is 78.5 cm³/mol. The van der Waals surface area contributed by atoms with Gasteiger partial charge in [0.15, 0.2) is 0 Å². The van der Waals surface area contributed by atoms with Gasteiger partial charge in [-0.15, -0.1) is 10.2 Å². The first-order valence-electron chi connectivity index (χ1n) is 6.40. The van der Waals surface area contributed by atoms with Crippen LogP contribution in [0.2, 0.25) is 0 Å². The Bertz CT molecular complexity index is 761. The molecule has 0 saturated carbocycles. The molecule has 0 fully saturated rings. The molecule has 2 aromatic rings. The molecule has 2 rings (SSSR count). The minimum Gasteiger partial charge on any atom is -0.299 e. The Kier molecular flexibility index (Phi) is 4.63. The minimum atomic E-state index is -0.540. The van der Waals surface area contributed by atoms with Crippen molar-refractivity contribution in [2.75, 3.05) is 5.32 Å². The van der Waals surface area contributed by atoms with Crippen LogP contribution in [0.1, 0.15) is 18.4 Å². The molecule has 112 valence electrons. The maximum atomic E-state index is 11.9. The molecule has 2 aromatic heterocycles. The van der Waals surface area contributed by atoms with E-state index in [2.05, 4.69) is 15.5 Å². The number of hydrogen-bond donors (Lipinski definition) is 1. The van der Waals surface area contributed by atoms with Crippen LogP contribution in [-0.2, 0) is 24.8 Å². The molecule has 9 heteroatoms.